The Morgan fingerprint density at radius 1 is 1.20 bits per heavy atom. The van der Waals surface area contributed by atoms with E-state index in [-0.39, 0.29) is 6.23 Å². The van der Waals surface area contributed by atoms with E-state index < -0.39 is 0 Å². The maximum atomic E-state index is 9.25. The van der Waals surface area contributed by atoms with Crippen LogP contribution in [-0.2, 0) is 0 Å². The predicted octanol–water partition coefficient (Wildman–Crippen LogP) is 2.91. The first kappa shape index (κ1) is 13.0. The first-order valence-electron chi connectivity index (χ1n) is 6.57. The van der Waals surface area contributed by atoms with E-state index in [1.165, 1.54) is 38.5 Å². The normalized spacial score (nSPS) is 31.2. The molecule has 2 atom stereocenters. The van der Waals surface area contributed by atoms with Crippen LogP contribution in [0.4, 0.5) is 0 Å². The number of rotatable bonds is 5. The molecular formula is C13H27NO. The minimum atomic E-state index is -0.348. The standard InChI is InChI=1S/C13H27NO/c1-4-5-10(2)12-6-8-13(9-7-12)14-11(3)15/h10-15H,4-9H2,1-3H3. The third-order valence-electron chi connectivity index (χ3n) is 3.80. The molecule has 2 unspecified atom stereocenters. The molecule has 0 aliphatic heterocycles. The van der Waals surface area contributed by atoms with Gasteiger partial charge >= 0.3 is 0 Å². The average Bonchev–Trinajstić information content (AvgIpc) is 2.18. The van der Waals surface area contributed by atoms with Crippen LogP contribution in [0.15, 0.2) is 0 Å². The van der Waals surface area contributed by atoms with E-state index in [0.717, 1.165) is 11.8 Å². The SMILES string of the molecule is CCCC(C)C1CCC(NC(C)O)CC1. The van der Waals surface area contributed by atoms with E-state index in [2.05, 4.69) is 19.2 Å². The van der Waals surface area contributed by atoms with Crippen molar-refractivity contribution in [1.29, 1.82) is 0 Å². The third kappa shape index (κ3) is 4.52. The summed E-state index contributed by atoms with van der Waals surface area (Å²) in [6.45, 7) is 6.49. The summed E-state index contributed by atoms with van der Waals surface area (Å²) in [6, 6.07) is 0.551. The predicted molar refractivity (Wildman–Crippen MR) is 64.6 cm³/mol. The highest BCUT2D eigenvalue weighted by molar-refractivity contribution is 4.79. The lowest BCUT2D eigenvalue weighted by Crippen LogP contribution is -2.39. The molecule has 2 nitrogen and oxygen atoms in total. The Morgan fingerprint density at radius 3 is 2.27 bits per heavy atom. The summed E-state index contributed by atoms with van der Waals surface area (Å²) in [4.78, 5) is 0. The summed E-state index contributed by atoms with van der Waals surface area (Å²) in [6.07, 6.45) is 7.50. The van der Waals surface area contributed by atoms with Gasteiger partial charge in [0.05, 0.1) is 0 Å². The molecule has 0 heterocycles. The molecule has 0 spiro atoms. The van der Waals surface area contributed by atoms with Crippen LogP contribution >= 0.6 is 0 Å². The van der Waals surface area contributed by atoms with Crippen LogP contribution in [0.25, 0.3) is 0 Å². The summed E-state index contributed by atoms with van der Waals surface area (Å²) >= 11 is 0. The highest BCUT2D eigenvalue weighted by atomic mass is 16.3. The van der Waals surface area contributed by atoms with E-state index in [1.807, 2.05) is 6.92 Å². The molecule has 1 fully saturated rings. The lowest BCUT2D eigenvalue weighted by Gasteiger charge is -2.33. The lowest BCUT2D eigenvalue weighted by molar-refractivity contribution is 0.117. The lowest BCUT2D eigenvalue weighted by atomic mass is 9.77. The zero-order valence-corrected chi connectivity index (χ0v) is 10.5. The van der Waals surface area contributed by atoms with Crippen LogP contribution < -0.4 is 5.32 Å². The fourth-order valence-electron chi connectivity index (χ4n) is 2.89. The van der Waals surface area contributed by atoms with Crippen LogP contribution in [0.3, 0.4) is 0 Å². The van der Waals surface area contributed by atoms with Crippen LogP contribution in [-0.4, -0.2) is 17.4 Å². The second-order valence-electron chi connectivity index (χ2n) is 5.22. The van der Waals surface area contributed by atoms with Crippen molar-refractivity contribution in [3.05, 3.63) is 0 Å². The Labute approximate surface area is 94.5 Å². The van der Waals surface area contributed by atoms with Crippen molar-refractivity contribution in [1.82, 2.24) is 5.32 Å². The van der Waals surface area contributed by atoms with Crippen LogP contribution in [0, 0.1) is 11.8 Å². The first-order chi connectivity index (χ1) is 7.13. The molecule has 1 saturated carbocycles. The Morgan fingerprint density at radius 2 is 1.80 bits per heavy atom. The van der Waals surface area contributed by atoms with Gasteiger partial charge in [0.25, 0.3) is 0 Å². The number of hydrogen-bond donors (Lipinski definition) is 2. The van der Waals surface area contributed by atoms with Crippen molar-refractivity contribution in [3.63, 3.8) is 0 Å². The van der Waals surface area contributed by atoms with Crippen molar-refractivity contribution in [2.75, 3.05) is 0 Å². The minimum absolute atomic E-state index is 0.348. The van der Waals surface area contributed by atoms with Crippen molar-refractivity contribution in [2.24, 2.45) is 11.8 Å². The smallest absolute Gasteiger partial charge is 0.102 e. The summed E-state index contributed by atoms with van der Waals surface area (Å²) in [7, 11) is 0. The molecule has 90 valence electrons. The van der Waals surface area contributed by atoms with Gasteiger partial charge in [-0.25, -0.2) is 0 Å². The van der Waals surface area contributed by atoms with E-state index in [9.17, 15) is 5.11 Å². The molecule has 15 heavy (non-hydrogen) atoms. The van der Waals surface area contributed by atoms with Gasteiger partial charge in [-0.05, 0) is 44.4 Å². The Hall–Kier alpha value is -0.0800. The number of aliphatic hydroxyl groups is 1. The zero-order valence-electron chi connectivity index (χ0n) is 10.5. The molecule has 1 rings (SSSR count). The summed E-state index contributed by atoms with van der Waals surface area (Å²) in [5.74, 6) is 1.82. The number of nitrogens with one attached hydrogen (secondary N) is 1. The molecule has 0 aromatic carbocycles. The van der Waals surface area contributed by atoms with Gasteiger partial charge in [-0.15, -0.1) is 0 Å². The van der Waals surface area contributed by atoms with Crippen molar-refractivity contribution >= 4 is 0 Å². The van der Waals surface area contributed by atoms with Crippen molar-refractivity contribution in [3.8, 4) is 0 Å². The van der Waals surface area contributed by atoms with Gasteiger partial charge in [0.15, 0.2) is 0 Å². The van der Waals surface area contributed by atoms with Crippen molar-refractivity contribution < 1.29 is 5.11 Å². The first-order valence-corrected chi connectivity index (χ1v) is 6.57. The molecule has 0 aromatic heterocycles. The molecular weight excluding hydrogens is 186 g/mol. The van der Waals surface area contributed by atoms with E-state index in [1.54, 1.807) is 0 Å². The van der Waals surface area contributed by atoms with Gasteiger partial charge in [-0.2, -0.15) is 0 Å². The monoisotopic (exact) mass is 213 g/mol. The minimum Gasteiger partial charge on any atom is -0.379 e. The van der Waals surface area contributed by atoms with Gasteiger partial charge in [-0.1, -0.05) is 26.7 Å². The summed E-state index contributed by atoms with van der Waals surface area (Å²) < 4.78 is 0. The summed E-state index contributed by atoms with van der Waals surface area (Å²) in [5, 5.41) is 12.5. The van der Waals surface area contributed by atoms with Crippen LogP contribution in [0.5, 0.6) is 0 Å². The second kappa shape index (κ2) is 6.49. The largest absolute Gasteiger partial charge is 0.379 e. The highest BCUT2D eigenvalue weighted by Crippen LogP contribution is 2.32. The van der Waals surface area contributed by atoms with E-state index >= 15 is 0 Å². The zero-order chi connectivity index (χ0) is 11.3. The average molecular weight is 213 g/mol. The highest BCUT2D eigenvalue weighted by Gasteiger charge is 2.24. The Kier molecular flexibility index (Phi) is 5.62. The molecule has 2 heteroatoms. The van der Waals surface area contributed by atoms with Gasteiger partial charge < -0.3 is 5.11 Å². The van der Waals surface area contributed by atoms with E-state index in [4.69, 9.17) is 0 Å². The molecule has 1 aliphatic rings. The fraction of sp³-hybridized carbons (Fsp3) is 1.00. The molecule has 0 amide bonds. The molecule has 0 saturated heterocycles. The summed E-state index contributed by atoms with van der Waals surface area (Å²) in [5.41, 5.74) is 0. The number of aliphatic hydroxyl groups excluding tert-OH is 1. The molecule has 2 N–H and O–H groups in total. The fourth-order valence-corrected chi connectivity index (χ4v) is 2.89. The maximum Gasteiger partial charge on any atom is 0.102 e. The van der Waals surface area contributed by atoms with Crippen LogP contribution in [0.1, 0.15) is 59.3 Å². The molecule has 0 aromatic rings. The Balaban J connectivity index is 2.23. The van der Waals surface area contributed by atoms with Crippen LogP contribution in [0.2, 0.25) is 0 Å². The molecule has 0 radical (unpaired) electrons. The quantitative estimate of drug-likeness (QED) is 0.688. The van der Waals surface area contributed by atoms with Crippen molar-refractivity contribution in [2.45, 2.75) is 71.6 Å². The van der Waals surface area contributed by atoms with Gasteiger partial charge in [-0.3, -0.25) is 5.32 Å². The Bertz CT molecular complexity index is 162. The topological polar surface area (TPSA) is 32.3 Å². The third-order valence-corrected chi connectivity index (χ3v) is 3.80. The maximum absolute atomic E-state index is 9.25. The molecule has 0 bridgehead atoms. The second-order valence-corrected chi connectivity index (χ2v) is 5.22. The van der Waals surface area contributed by atoms with Gasteiger partial charge in [0, 0.05) is 6.04 Å². The number of hydrogen-bond acceptors (Lipinski definition) is 2. The van der Waals surface area contributed by atoms with Gasteiger partial charge in [0.2, 0.25) is 0 Å². The molecule has 1 aliphatic carbocycles. The van der Waals surface area contributed by atoms with E-state index in [0.29, 0.717) is 6.04 Å². The van der Waals surface area contributed by atoms with Gasteiger partial charge in [0.1, 0.15) is 6.23 Å².